The minimum Gasteiger partial charge on any atom is -0.481 e. The second-order valence-corrected chi connectivity index (χ2v) is 7.37. The number of imidazole rings is 1. The van der Waals surface area contributed by atoms with Crippen LogP contribution < -0.4 is 0 Å². The third-order valence-electron chi connectivity index (χ3n) is 3.45. The van der Waals surface area contributed by atoms with Crippen LogP contribution >= 0.6 is 23.5 Å². The molecular weight excluding hydrogens is 306 g/mol. The molecule has 1 unspecified atom stereocenters. The predicted molar refractivity (Wildman–Crippen MR) is 86.0 cm³/mol. The van der Waals surface area contributed by atoms with Crippen molar-refractivity contribution in [1.29, 1.82) is 0 Å². The van der Waals surface area contributed by atoms with Crippen molar-refractivity contribution in [3.8, 4) is 0 Å². The average Bonchev–Trinajstić information content (AvgIpc) is 2.84. The van der Waals surface area contributed by atoms with E-state index in [1.54, 1.807) is 6.20 Å². The van der Waals surface area contributed by atoms with Gasteiger partial charge in [-0.25, -0.2) is 9.97 Å². The fraction of sp³-hybridized carbons (Fsp3) is 0.500. The van der Waals surface area contributed by atoms with E-state index in [1.165, 1.54) is 36.8 Å². The molecule has 3 rings (SSSR count). The highest BCUT2D eigenvalue weighted by atomic mass is 32.2. The first-order valence-corrected chi connectivity index (χ1v) is 9.05. The van der Waals surface area contributed by atoms with Crippen LogP contribution in [-0.4, -0.2) is 42.4 Å². The standard InChI is InChI=1S/C14H17N3O2S2/c18-12(19)9-21-14-16-11-5-3-6-15-13(11)17(14)8-10-4-1-2-7-20-10/h3,5-6,10H,1-2,4,7-9H2,(H,18,19). The third-order valence-corrected chi connectivity index (χ3v) is 5.80. The van der Waals surface area contributed by atoms with Gasteiger partial charge in [-0.15, -0.1) is 0 Å². The summed E-state index contributed by atoms with van der Waals surface area (Å²) in [7, 11) is 0. The molecule has 0 bridgehead atoms. The van der Waals surface area contributed by atoms with Crippen molar-refractivity contribution in [2.24, 2.45) is 0 Å². The molecule has 0 aromatic carbocycles. The number of carboxylic acids is 1. The molecule has 2 aromatic heterocycles. The number of rotatable bonds is 5. The van der Waals surface area contributed by atoms with Crippen LogP contribution in [0.15, 0.2) is 23.5 Å². The van der Waals surface area contributed by atoms with Gasteiger partial charge in [0.2, 0.25) is 0 Å². The maximum atomic E-state index is 10.8. The first-order valence-electron chi connectivity index (χ1n) is 7.01. The topological polar surface area (TPSA) is 68.0 Å². The molecule has 0 spiro atoms. The lowest BCUT2D eigenvalue weighted by Gasteiger charge is -2.22. The maximum absolute atomic E-state index is 10.8. The van der Waals surface area contributed by atoms with Gasteiger partial charge in [-0.1, -0.05) is 18.2 Å². The fourth-order valence-electron chi connectivity index (χ4n) is 2.49. The summed E-state index contributed by atoms with van der Waals surface area (Å²) in [6.07, 6.45) is 5.54. The van der Waals surface area contributed by atoms with Gasteiger partial charge in [0, 0.05) is 18.0 Å². The Balaban J connectivity index is 1.88. The van der Waals surface area contributed by atoms with Crippen molar-refractivity contribution < 1.29 is 9.90 Å². The van der Waals surface area contributed by atoms with Gasteiger partial charge >= 0.3 is 5.97 Å². The molecule has 112 valence electrons. The molecule has 0 aliphatic carbocycles. The largest absolute Gasteiger partial charge is 0.481 e. The molecule has 1 aliphatic heterocycles. The van der Waals surface area contributed by atoms with Gasteiger partial charge in [0.05, 0.1) is 5.75 Å². The molecule has 1 saturated heterocycles. The first kappa shape index (κ1) is 14.7. The Morgan fingerprint density at radius 3 is 3.19 bits per heavy atom. The number of pyridine rings is 1. The number of carboxylic acid groups (broad SMARTS) is 1. The highest BCUT2D eigenvalue weighted by Gasteiger charge is 2.19. The normalized spacial score (nSPS) is 19.0. The highest BCUT2D eigenvalue weighted by molar-refractivity contribution is 8.00. The average molecular weight is 323 g/mol. The molecular formula is C14H17N3O2S2. The summed E-state index contributed by atoms with van der Waals surface area (Å²) in [5.41, 5.74) is 1.70. The van der Waals surface area contributed by atoms with Crippen LogP contribution in [0, 0.1) is 0 Å². The molecule has 21 heavy (non-hydrogen) atoms. The lowest BCUT2D eigenvalue weighted by atomic mass is 10.2. The van der Waals surface area contributed by atoms with E-state index in [4.69, 9.17) is 5.11 Å². The van der Waals surface area contributed by atoms with Crippen molar-refractivity contribution >= 4 is 40.7 Å². The van der Waals surface area contributed by atoms with Crippen molar-refractivity contribution in [3.63, 3.8) is 0 Å². The van der Waals surface area contributed by atoms with Crippen molar-refractivity contribution in [3.05, 3.63) is 18.3 Å². The highest BCUT2D eigenvalue weighted by Crippen LogP contribution is 2.30. The second kappa shape index (κ2) is 6.70. The zero-order valence-corrected chi connectivity index (χ0v) is 13.2. The Bertz CT molecular complexity index is 638. The Hall–Kier alpha value is -1.21. The van der Waals surface area contributed by atoms with E-state index in [0.29, 0.717) is 5.25 Å². The van der Waals surface area contributed by atoms with Crippen LogP contribution in [-0.2, 0) is 11.3 Å². The van der Waals surface area contributed by atoms with E-state index in [2.05, 4.69) is 14.5 Å². The van der Waals surface area contributed by atoms with Crippen LogP contribution in [0.5, 0.6) is 0 Å². The van der Waals surface area contributed by atoms with Crippen molar-refractivity contribution in [1.82, 2.24) is 14.5 Å². The zero-order valence-electron chi connectivity index (χ0n) is 11.6. The molecule has 1 N–H and O–H groups in total. The van der Waals surface area contributed by atoms with E-state index in [9.17, 15) is 4.79 Å². The Morgan fingerprint density at radius 2 is 2.43 bits per heavy atom. The smallest absolute Gasteiger partial charge is 0.313 e. The summed E-state index contributed by atoms with van der Waals surface area (Å²) < 4.78 is 2.09. The number of carbonyl (C=O) groups is 1. The Kier molecular flexibility index (Phi) is 4.70. The molecule has 1 atom stereocenters. The van der Waals surface area contributed by atoms with Gasteiger partial charge in [-0.05, 0) is 30.7 Å². The van der Waals surface area contributed by atoms with E-state index >= 15 is 0 Å². The monoisotopic (exact) mass is 323 g/mol. The van der Waals surface area contributed by atoms with E-state index in [-0.39, 0.29) is 5.75 Å². The van der Waals surface area contributed by atoms with E-state index < -0.39 is 5.97 Å². The number of fused-ring (bicyclic) bond motifs is 1. The molecule has 0 radical (unpaired) electrons. The lowest BCUT2D eigenvalue weighted by Crippen LogP contribution is -2.18. The van der Waals surface area contributed by atoms with Gasteiger partial charge in [-0.3, -0.25) is 4.79 Å². The summed E-state index contributed by atoms with van der Waals surface area (Å²) in [5, 5.41) is 10.2. The van der Waals surface area contributed by atoms with Gasteiger partial charge in [0.15, 0.2) is 10.8 Å². The summed E-state index contributed by atoms with van der Waals surface area (Å²) in [4.78, 5) is 19.8. The van der Waals surface area contributed by atoms with Gasteiger partial charge in [0.25, 0.3) is 0 Å². The fourth-order valence-corrected chi connectivity index (χ4v) is 4.52. The quantitative estimate of drug-likeness (QED) is 0.853. The molecule has 7 heteroatoms. The summed E-state index contributed by atoms with van der Waals surface area (Å²) in [5.74, 6) is 0.419. The molecule has 0 amide bonds. The van der Waals surface area contributed by atoms with Crippen LogP contribution in [0.3, 0.4) is 0 Å². The lowest BCUT2D eigenvalue weighted by molar-refractivity contribution is -0.133. The summed E-state index contributed by atoms with van der Waals surface area (Å²) >= 11 is 3.27. The molecule has 1 fully saturated rings. The van der Waals surface area contributed by atoms with Crippen LogP contribution in [0.25, 0.3) is 11.2 Å². The number of hydrogen-bond acceptors (Lipinski definition) is 5. The molecule has 0 saturated carbocycles. The number of aromatic nitrogens is 3. The van der Waals surface area contributed by atoms with Crippen LogP contribution in [0.4, 0.5) is 0 Å². The van der Waals surface area contributed by atoms with Crippen molar-refractivity contribution in [2.75, 3.05) is 11.5 Å². The van der Waals surface area contributed by atoms with E-state index in [1.807, 2.05) is 23.9 Å². The summed E-state index contributed by atoms with van der Waals surface area (Å²) in [6.45, 7) is 0.861. The van der Waals surface area contributed by atoms with Crippen LogP contribution in [0.2, 0.25) is 0 Å². The van der Waals surface area contributed by atoms with Gasteiger partial charge < -0.3 is 9.67 Å². The molecule has 5 nitrogen and oxygen atoms in total. The van der Waals surface area contributed by atoms with Crippen LogP contribution in [0.1, 0.15) is 19.3 Å². The zero-order chi connectivity index (χ0) is 14.7. The SMILES string of the molecule is O=C(O)CSc1nc2cccnc2n1CC1CCCCS1. The third kappa shape index (κ3) is 3.52. The van der Waals surface area contributed by atoms with Gasteiger partial charge in [-0.2, -0.15) is 11.8 Å². The second-order valence-electron chi connectivity index (χ2n) is 5.02. The number of hydrogen-bond donors (Lipinski definition) is 1. The Morgan fingerprint density at radius 1 is 1.52 bits per heavy atom. The molecule has 2 aromatic rings. The number of thioether (sulfide) groups is 2. The van der Waals surface area contributed by atoms with Crippen molar-refractivity contribution in [2.45, 2.75) is 36.2 Å². The minimum atomic E-state index is -0.821. The van der Waals surface area contributed by atoms with Gasteiger partial charge in [0.1, 0.15) is 5.52 Å². The minimum absolute atomic E-state index is 0.0289. The van der Waals surface area contributed by atoms with E-state index in [0.717, 1.165) is 22.9 Å². The number of aliphatic carboxylic acids is 1. The first-order chi connectivity index (χ1) is 10.2. The number of nitrogens with zero attached hydrogens (tertiary/aromatic N) is 3. The summed E-state index contributed by atoms with van der Waals surface area (Å²) in [6, 6.07) is 3.79. The maximum Gasteiger partial charge on any atom is 0.313 e. The Labute approximate surface area is 131 Å². The predicted octanol–water partition coefficient (Wildman–Crippen LogP) is 2.89. The molecule has 3 heterocycles. The molecule has 1 aliphatic rings.